The van der Waals surface area contributed by atoms with Gasteiger partial charge in [0.25, 0.3) is 0 Å². The Balaban J connectivity index is 2.93. The van der Waals surface area contributed by atoms with Crippen LogP contribution in [0.5, 0.6) is 0 Å². The summed E-state index contributed by atoms with van der Waals surface area (Å²) in [6.07, 6.45) is 2.39. The number of hydrogen-bond acceptors (Lipinski definition) is 1. The molecule has 0 rings (SSSR count). The summed E-state index contributed by atoms with van der Waals surface area (Å²) in [4.78, 5) is 0. The van der Waals surface area contributed by atoms with Gasteiger partial charge in [0, 0.05) is 5.25 Å². The third-order valence-electron chi connectivity index (χ3n) is 1.08. The van der Waals surface area contributed by atoms with Gasteiger partial charge in [-0.15, -0.1) is 0 Å². The lowest BCUT2D eigenvalue weighted by atomic mass is 10.1. The molecule has 0 aromatic heterocycles. The van der Waals surface area contributed by atoms with Crippen molar-refractivity contribution in [2.45, 2.75) is 31.9 Å². The molecular weight excluding hydrogens is 116 g/mol. The SMILES string of the molecule is [CH2]C(S)CCC(C)C. The minimum Gasteiger partial charge on any atom is -0.176 e. The highest BCUT2D eigenvalue weighted by Crippen LogP contribution is 2.09. The Morgan fingerprint density at radius 3 is 2.00 bits per heavy atom. The molecule has 0 saturated carbocycles. The van der Waals surface area contributed by atoms with Crippen LogP contribution in [0, 0.1) is 12.8 Å². The number of thiol groups is 1. The minimum absolute atomic E-state index is 0.331. The van der Waals surface area contributed by atoms with Gasteiger partial charge in [-0.1, -0.05) is 13.8 Å². The topological polar surface area (TPSA) is 0 Å². The molecule has 0 aliphatic heterocycles. The van der Waals surface area contributed by atoms with Gasteiger partial charge in [-0.25, -0.2) is 0 Å². The molecule has 1 heteroatoms. The molecule has 0 heterocycles. The van der Waals surface area contributed by atoms with Crippen molar-refractivity contribution < 1.29 is 0 Å². The molecule has 0 aliphatic carbocycles. The fourth-order valence-electron chi connectivity index (χ4n) is 0.526. The smallest absolute Gasteiger partial charge is 0.00173 e. The molecule has 0 amide bonds. The van der Waals surface area contributed by atoms with Gasteiger partial charge >= 0.3 is 0 Å². The van der Waals surface area contributed by atoms with Gasteiger partial charge < -0.3 is 0 Å². The zero-order valence-electron chi connectivity index (χ0n) is 5.72. The van der Waals surface area contributed by atoms with Crippen LogP contribution in [0.25, 0.3) is 0 Å². The molecule has 8 heavy (non-hydrogen) atoms. The van der Waals surface area contributed by atoms with Gasteiger partial charge in [-0.2, -0.15) is 12.6 Å². The number of hydrogen-bond donors (Lipinski definition) is 1. The molecule has 0 aliphatic rings. The van der Waals surface area contributed by atoms with E-state index in [9.17, 15) is 0 Å². The predicted octanol–water partition coefficient (Wildman–Crippen LogP) is 2.56. The standard InChI is InChI=1S/C7H15S/c1-6(2)4-5-7(3)8/h6-8H,3-5H2,1-2H3. The lowest BCUT2D eigenvalue weighted by Crippen LogP contribution is -1.94. The summed E-state index contributed by atoms with van der Waals surface area (Å²) in [7, 11) is 0. The highest BCUT2D eigenvalue weighted by Gasteiger charge is 1.96. The maximum Gasteiger partial charge on any atom is 0.00173 e. The van der Waals surface area contributed by atoms with Crippen LogP contribution in [0.1, 0.15) is 26.7 Å². The lowest BCUT2D eigenvalue weighted by molar-refractivity contribution is 0.564. The Kier molecular flexibility index (Phi) is 4.44. The quantitative estimate of drug-likeness (QED) is 0.559. The molecule has 0 spiro atoms. The fraction of sp³-hybridized carbons (Fsp3) is 0.857. The van der Waals surface area contributed by atoms with Crippen molar-refractivity contribution in [1.29, 1.82) is 0 Å². The molecule has 1 atom stereocenters. The summed E-state index contributed by atoms with van der Waals surface area (Å²) in [6.45, 7) is 8.21. The molecule has 0 N–H and O–H groups in total. The van der Waals surface area contributed by atoms with E-state index in [-0.39, 0.29) is 0 Å². The van der Waals surface area contributed by atoms with Crippen molar-refractivity contribution in [2.75, 3.05) is 0 Å². The van der Waals surface area contributed by atoms with Crippen molar-refractivity contribution in [3.63, 3.8) is 0 Å². The van der Waals surface area contributed by atoms with E-state index in [0.717, 1.165) is 12.3 Å². The normalized spacial score (nSPS) is 14.6. The van der Waals surface area contributed by atoms with E-state index in [2.05, 4.69) is 33.4 Å². The number of rotatable bonds is 3. The van der Waals surface area contributed by atoms with Crippen LogP contribution >= 0.6 is 12.6 Å². The Bertz CT molecular complexity index is 40.3. The lowest BCUT2D eigenvalue weighted by Gasteiger charge is -2.04. The van der Waals surface area contributed by atoms with Crippen molar-refractivity contribution in [3.8, 4) is 0 Å². The van der Waals surface area contributed by atoms with Crippen LogP contribution in [0.4, 0.5) is 0 Å². The van der Waals surface area contributed by atoms with Gasteiger partial charge in [0.1, 0.15) is 0 Å². The first-order chi connectivity index (χ1) is 3.63. The minimum atomic E-state index is 0.331. The second kappa shape index (κ2) is 4.25. The Hall–Kier alpha value is 0.350. The zero-order valence-corrected chi connectivity index (χ0v) is 6.62. The van der Waals surface area contributed by atoms with Gasteiger partial charge in [-0.3, -0.25) is 0 Å². The summed E-state index contributed by atoms with van der Waals surface area (Å²) >= 11 is 4.16. The molecule has 1 unspecified atom stereocenters. The van der Waals surface area contributed by atoms with E-state index in [1.165, 1.54) is 6.42 Å². The van der Waals surface area contributed by atoms with E-state index >= 15 is 0 Å². The van der Waals surface area contributed by atoms with E-state index in [1.54, 1.807) is 0 Å². The van der Waals surface area contributed by atoms with Crippen molar-refractivity contribution in [3.05, 3.63) is 6.92 Å². The first-order valence-corrected chi connectivity index (χ1v) is 3.65. The Morgan fingerprint density at radius 2 is 1.88 bits per heavy atom. The van der Waals surface area contributed by atoms with Gasteiger partial charge in [0.05, 0.1) is 0 Å². The molecule has 0 saturated heterocycles. The van der Waals surface area contributed by atoms with E-state index in [1.807, 2.05) is 0 Å². The summed E-state index contributed by atoms with van der Waals surface area (Å²) in [5, 5.41) is 0.331. The fourth-order valence-corrected chi connectivity index (χ4v) is 0.675. The zero-order chi connectivity index (χ0) is 6.57. The van der Waals surface area contributed by atoms with Crippen molar-refractivity contribution in [2.24, 2.45) is 5.92 Å². The maximum atomic E-state index is 4.16. The Labute approximate surface area is 58.1 Å². The summed E-state index contributed by atoms with van der Waals surface area (Å²) in [6, 6.07) is 0. The Morgan fingerprint density at radius 1 is 1.38 bits per heavy atom. The van der Waals surface area contributed by atoms with Crippen LogP contribution in [0.2, 0.25) is 0 Å². The molecule has 1 radical (unpaired) electrons. The molecule has 0 bridgehead atoms. The van der Waals surface area contributed by atoms with Crippen molar-refractivity contribution in [1.82, 2.24) is 0 Å². The predicted molar refractivity (Wildman–Crippen MR) is 42.2 cm³/mol. The largest absolute Gasteiger partial charge is 0.176 e. The van der Waals surface area contributed by atoms with Crippen LogP contribution < -0.4 is 0 Å². The van der Waals surface area contributed by atoms with Crippen molar-refractivity contribution >= 4 is 12.6 Å². The van der Waals surface area contributed by atoms with Gasteiger partial charge in [-0.05, 0) is 25.7 Å². The molecule has 0 aromatic rings. The highest BCUT2D eigenvalue weighted by atomic mass is 32.1. The van der Waals surface area contributed by atoms with Crippen LogP contribution in [0.3, 0.4) is 0 Å². The van der Waals surface area contributed by atoms with Crippen LogP contribution in [0.15, 0.2) is 0 Å². The molecular formula is C7H15S. The average Bonchev–Trinajstić information content (AvgIpc) is 1.61. The first kappa shape index (κ1) is 8.35. The van der Waals surface area contributed by atoms with Crippen LogP contribution in [-0.2, 0) is 0 Å². The second-order valence-electron chi connectivity index (χ2n) is 2.63. The molecule has 0 nitrogen and oxygen atoms in total. The monoisotopic (exact) mass is 131 g/mol. The third kappa shape index (κ3) is 6.35. The van der Waals surface area contributed by atoms with E-state index in [4.69, 9.17) is 0 Å². The van der Waals surface area contributed by atoms with E-state index in [0.29, 0.717) is 5.25 Å². The summed E-state index contributed by atoms with van der Waals surface area (Å²) < 4.78 is 0. The molecule has 49 valence electrons. The molecule has 0 aromatic carbocycles. The summed E-state index contributed by atoms with van der Waals surface area (Å²) in [5.41, 5.74) is 0. The van der Waals surface area contributed by atoms with Crippen LogP contribution in [-0.4, -0.2) is 5.25 Å². The maximum absolute atomic E-state index is 4.16. The van der Waals surface area contributed by atoms with Gasteiger partial charge in [0.15, 0.2) is 0 Å². The second-order valence-corrected chi connectivity index (χ2v) is 3.36. The highest BCUT2D eigenvalue weighted by molar-refractivity contribution is 7.81. The van der Waals surface area contributed by atoms with E-state index < -0.39 is 0 Å². The average molecular weight is 131 g/mol. The first-order valence-electron chi connectivity index (χ1n) is 3.14. The molecule has 0 fully saturated rings. The summed E-state index contributed by atoms with van der Waals surface area (Å²) in [5.74, 6) is 0.798. The third-order valence-corrected chi connectivity index (χ3v) is 1.34. The van der Waals surface area contributed by atoms with Gasteiger partial charge in [0.2, 0.25) is 0 Å².